The van der Waals surface area contributed by atoms with Gasteiger partial charge in [-0.1, -0.05) is 17.9 Å². The predicted molar refractivity (Wildman–Crippen MR) is 83.2 cm³/mol. The standard InChI is InChI=1S/C17H23NO3/c1-13-8-9-16(15(11-13)7-5-6-10-19)17(20)18(3)14(2)12-21-4/h8-9,11,14,19H,6,10,12H2,1-4H3. The molecule has 1 aromatic rings. The summed E-state index contributed by atoms with van der Waals surface area (Å²) in [5.41, 5.74) is 2.33. The van der Waals surface area contributed by atoms with Crippen LogP contribution in [0.4, 0.5) is 0 Å². The number of benzene rings is 1. The molecule has 0 bridgehead atoms. The molecule has 4 heteroatoms. The first-order chi connectivity index (χ1) is 10.0. The normalized spacial score (nSPS) is 11.5. The Hall–Kier alpha value is -1.83. The van der Waals surface area contributed by atoms with Gasteiger partial charge in [0.2, 0.25) is 0 Å². The number of hydrogen-bond donors (Lipinski definition) is 1. The maximum atomic E-state index is 12.6. The minimum atomic E-state index is -0.0761. The van der Waals surface area contributed by atoms with Gasteiger partial charge in [-0.05, 0) is 31.5 Å². The summed E-state index contributed by atoms with van der Waals surface area (Å²) in [6.07, 6.45) is 0.400. The van der Waals surface area contributed by atoms with E-state index in [1.807, 2.05) is 26.0 Å². The smallest absolute Gasteiger partial charge is 0.255 e. The highest BCUT2D eigenvalue weighted by molar-refractivity contribution is 5.96. The molecule has 0 aliphatic heterocycles. The lowest BCUT2D eigenvalue weighted by atomic mass is 10.0. The fourth-order valence-electron chi connectivity index (χ4n) is 1.90. The molecule has 1 unspecified atom stereocenters. The minimum Gasteiger partial charge on any atom is -0.395 e. The zero-order valence-electron chi connectivity index (χ0n) is 13.1. The van der Waals surface area contributed by atoms with Crippen LogP contribution >= 0.6 is 0 Å². The predicted octanol–water partition coefficient (Wildman–Crippen LogP) is 1.84. The van der Waals surface area contributed by atoms with Crippen molar-refractivity contribution in [2.45, 2.75) is 26.3 Å². The number of nitrogens with zero attached hydrogens (tertiary/aromatic N) is 1. The zero-order valence-corrected chi connectivity index (χ0v) is 13.1. The van der Waals surface area contributed by atoms with Gasteiger partial charge in [-0.3, -0.25) is 4.79 Å². The van der Waals surface area contributed by atoms with Crippen LogP contribution in [0.1, 0.15) is 34.8 Å². The summed E-state index contributed by atoms with van der Waals surface area (Å²) in [4.78, 5) is 14.2. The van der Waals surface area contributed by atoms with Crippen molar-refractivity contribution in [1.82, 2.24) is 4.90 Å². The summed E-state index contributed by atoms with van der Waals surface area (Å²) in [5, 5.41) is 8.81. The van der Waals surface area contributed by atoms with Gasteiger partial charge in [-0.2, -0.15) is 0 Å². The van der Waals surface area contributed by atoms with E-state index in [-0.39, 0.29) is 18.6 Å². The molecule has 0 aliphatic carbocycles. The Kier molecular flexibility index (Phi) is 6.93. The van der Waals surface area contributed by atoms with E-state index < -0.39 is 0 Å². The number of aliphatic hydroxyl groups excluding tert-OH is 1. The lowest BCUT2D eigenvalue weighted by molar-refractivity contribution is 0.0633. The maximum absolute atomic E-state index is 12.6. The SMILES string of the molecule is COCC(C)N(C)C(=O)c1ccc(C)cc1C#CCCO. The van der Waals surface area contributed by atoms with Crippen molar-refractivity contribution in [2.75, 3.05) is 27.4 Å². The highest BCUT2D eigenvalue weighted by atomic mass is 16.5. The quantitative estimate of drug-likeness (QED) is 0.841. The van der Waals surface area contributed by atoms with E-state index in [0.29, 0.717) is 24.2 Å². The number of aryl methyl sites for hydroxylation is 1. The van der Waals surface area contributed by atoms with Crippen molar-refractivity contribution in [1.29, 1.82) is 0 Å². The molecular weight excluding hydrogens is 266 g/mol. The number of likely N-dealkylation sites (N-methyl/N-ethyl adjacent to an activating group) is 1. The topological polar surface area (TPSA) is 49.8 Å². The summed E-state index contributed by atoms with van der Waals surface area (Å²) >= 11 is 0. The van der Waals surface area contributed by atoms with Crippen LogP contribution in [-0.4, -0.2) is 49.3 Å². The van der Waals surface area contributed by atoms with Gasteiger partial charge in [0.25, 0.3) is 5.91 Å². The molecule has 1 amide bonds. The molecule has 0 saturated heterocycles. The Morgan fingerprint density at radius 1 is 1.48 bits per heavy atom. The molecule has 21 heavy (non-hydrogen) atoms. The van der Waals surface area contributed by atoms with E-state index in [1.54, 1.807) is 25.1 Å². The van der Waals surface area contributed by atoms with E-state index in [2.05, 4.69) is 11.8 Å². The molecule has 0 heterocycles. The Morgan fingerprint density at radius 2 is 2.19 bits per heavy atom. The lowest BCUT2D eigenvalue weighted by Gasteiger charge is -2.25. The molecule has 1 atom stereocenters. The van der Waals surface area contributed by atoms with Crippen LogP contribution in [0.3, 0.4) is 0 Å². The first-order valence-corrected chi connectivity index (χ1v) is 6.97. The van der Waals surface area contributed by atoms with E-state index in [1.165, 1.54) is 0 Å². The number of ether oxygens (including phenoxy) is 1. The van der Waals surface area contributed by atoms with Crippen LogP contribution in [0.25, 0.3) is 0 Å². The van der Waals surface area contributed by atoms with Crippen molar-refractivity contribution in [3.05, 3.63) is 34.9 Å². The summed E-state index contributed by atoms with van der Waals surface area (Å²) in [6, 6.07) is 5.59. The van der Waals surface area contributed by atoms with Crippen LogP contribution in [-0.2, 0) is 4.74 Å². The Morgan fingerprint density at radius 3 is 2.81 bits per heavy atom. The average Bonchev–Trinajstić information content (AvgIpc) is 2.46. The maximum Gasteiger partial charge on any atom is 0.255 e. The molecule has 4 nitrogen and oxygen atoms in total. The fraction of sp³-hybridized carbons (Fsp3) is 0.471. The van der Waals surface area contributed by atoms with Crippen LogP contribution in [0, 0.1) is 18.8 Å². The van der Waals surface area contributed by atoms with Gasteiger partial charge < -0.3 is 14.7 Å². The van der Waals surface area contributed by atoms with Crippen LogP contribution < -0.4 is 0 Å². The molecule has 114 valence electrons. The Balaban J connectivity index is 3.06. The highest BCUT2D eigenvalue weighted by Crippen LogP contribution is 2.14. The lowest BCUT2D eigenvalue weighted by Crippen LogP contribution is -2.38. The van der Waals surface area contributed by atoms with Gasteiger partial charge in [-0.15, -0.1) is 0 Å². The van der Waals surface area contributed by atoms with Gasteiger partial charge in [0.15, 0.2) is 0 Å². The molecule has 1 N–H and O–H groups in total. The number of rotatable bonds is 5. The Bertz CT molecular complexity index is 543. The van der Waals surface area contributed by atoms with Crippen molar-refractivity contribution in [3.8, 4) is 11.8 Å². The molecule has 0 aliphatic rings. The third-order valence-electron chi connectivity index (χ3n) is 3.25. The third-order valence-corrected chi connectivity index (χ3v) is 3.25. The molecular formula is C17H23NO3. The number of methoxy groups -OCH3 is 1. The number of carbonyl (C=O) groups is 1. The minimum absolute atomic E-state index is 0.0120. The third kappa shape index (κ3) is 4.89. The number of amides is 1. The van der Waals surface area contributed by atoms with Crippen LogP contribution in [0.5, 0.6) is 0 Å². The molecule has 1 rings (SSSR count). The second-order valence-corrected chi connectivity index (χ2v) is 5.04. The largest absolute Gasteiger partial charge is 0.395 e. The second kappa shape index (κ2) is 8.46. The van der Waals surface area contributed by atoms with E-state index in [9.17, 15) is 4.79 Å². The number of carbonyl (C=O) groups excluding carboxylic acids is 1. The van der Waals surface area contributed by atoms with Crippen molar-refractivity contribution in [3.63, 3.8) is 0 Å². The summed E-state index contributed by atoms with van der Waals surface area (Å²) in [6.45, 7) is 4.40. The van der Waals surface area contributed by atoms with Crippen LogP contribution in [0.2, 0.25) is 0 Å². The zero-order chi connectivity index (χ0) is 15.8. The first-order valence-electron chi connectivity index (χ1n) is 6.97. The number of hydrogen-bond acceptors (Lipinski definition) is 3. The van der Waals surface area contributed by atoms with Gasteiger partial charge in [0.05, 0.1) is 24.8 Å². The van der Waals surface area contributed by atoms with Crippen molar-refractivity contribution >= 4 is 5.91 Å². The molecule has 0 aromatic heterocycles. The van der Waals surface area contributed by atoms with E-state index in [4.69, 9.17) is 9.84 Å². The first kappa shape index (κ1) is 17.2. The summed E-state index contributed by atoms with van der Waals surface area (Å²) in [7, 11) is 3.38. The van der Waals surface area contributed by atoms with Crippen molar-refractivity contribution < 1.29 is 14.6 Å². The van der Waals surface area contributed by atoms with Crippen molar-refractivity contribution in [2.24, 2.45) is 0 Å². The molecule has 1 aromatic carbocycles. The molecule has 0 saturated carbocycles. The fourth-order valence-corrected chi connectivity index (χ4v) is 1.90. The second-order valence-electron chi connectivity index (χ2n) is 5.04. The monoisotopic (exact) mass is 289 g/mol. The van der Waals surface area contributed by atoms with E-state index in [0.717, 1.165) is 5.56 Å². The number of aliphatic hydroxyl groups is 1. The molecule has 0 radical (unpaired) electrons. The molecule has 0 fully saturated rings. The van der Waals surface area contributed by atoms with Gasteiger partial charge in [0, 0.05) is 26.1 Å². The summed E-state index contributed by atoms with van der Waals surface area (Å²) in [5.74, 6) is 5.77. The van der Waals surface area contributed by atoms with Gasteiger partial charge in [0.1, 0.15) is 0 Å². The average molecular weight is 289 g/mol. The molecule has 0 spiro atoms. The van der Waals surface area contributed by atoms with Gasteiger partial charge in [-0.25, -0.2) is 0 Å². The Labute approximate surface area is 126 Å². The summed E-state index contributed by atoms with van der Waals surface area (Å²) < 4.78 is 5.09. The van der Waals surface area contributed by atoms with Gasteiger partial charge >= 0.3 is 0 Å². The van der Waals surface area contributed by atoms with Crippen LogP contribution in [0.15, 0.2) is 18.2 Å². The highest BCUT2D eigenvalue weighted by Gasteiger charge is 2.19. The van der Waals surface area contributed by atoms with E-state index >= 15 is 0 Å².